The van der Waals surface area contributed by atoms with E-state index in [0.29, 0.717) is 11.3 Å². The van der Waals surface area contributed by atoms with Crippen LogP contribution in [0.25, 0.3) is 4.96 Å². The van der Waals surface area contributed by atoms with Crippen LogP contribution in [0.3, 0.4) is 0 Å². The average molecular weight is 386 g/mol. The van der Waals surface area contributed by atoms with Crippen molar-refractivity contribution in [3.63, 3.8) is 0 Å². The van der Waals surface area contributed by atoms with Gasteiger partial charge in [0.25, 0.3) is 0 Å². The maximum atomic E-state index is 4.71. The van der Waals surface area contributed by atoms with Crippen molar-refractivity contribution in [2.24, 2.45) is 4.99 Å². The van der Waals surface area contributed by atoms with Gasteiger partial charge in [-0.25, -0.2) is 9.98 Å². The van der Waals surface area contributed by atoms with Gasteiger partial charge in [-0.2, -0.15) is 0 Å². The van der Waals surface area contributed by atoms with Crippen molar-refractivity contribution in [2.75, 3.05) is 13.1 Å². The topological polar surface area (TPSA) is 53.7 Å². The van der Waals surface area contributed by atoms with Crippen molar-refractivity contribution in [3.05, 3.63) is 53.8 Å². The lowest BCUT2D eigenvalue weighted by atomic mass is 10.4. The number of thiazole rings is 1. The summed E-state index contributed by atoms with van der Waals surface area (Å²) in [6.07, 6.45) is 6.57. The first-order chi connectivity index (χ1) is 12.8. The Hall–Kier alpha value is -1.99. The highest BCUT2D eigenvalue weighted by atomic mass is 32.2. The summed E-state index contributed by atoms with van der Waals surface area (Å²) in [6.45, 7) is 4.46. The highest BCUT2D eigenvalue weighted by molar-refractivity contribution is 8.01. The number of hydrogen-bond acceptors (Lipinski definition) is 4. The lowest BCUT2D eigenvalue weighted by Crippen LogP contribution is -2.41. The summed E-state index contributed by atoms with van der Waals surface area (Å²) >= 11 is 3.62. The molecule has 1 aliphatic rings. The summed E-state index contributed by atoms with van der Waals surface area (Å²) < 4.78 is 2.35. The number of hydrogen-bond donors (Lipinski definition) is 2. The highest BCUT2D eigenvalue weighted by Crippen LogP contribution is 2.51. The minimum absolute atomic E-state index is 0.300. The Morgan fingerprint density at radius 2 is 2.15 bits per heavy atom. The molecule has 2 N–H and O–H groups in total. The van der Waals surface area contributed by atoms with Crippen molar-refractivity contribution in [2.45, 2.75) is 36.0 Å². The molecule has 0 atom stereocenters. The van der Waals surface area contributed by atoms with Gasteiger partial charge in [-0.3, -0.25) is 4.40 Å². The molecule has 1 aromatic carbocycles. The molecule has 1 aliphatic carbocycles. The van der Waals surface area contributed by atoms with Crippen LogP contribution in [-0.2, 0) is 6.54 Å². The fourth-order valence-corrected chi connectivity index (χ4v) is 4.75. The Kier molecular flexibility index (Phi) is 5.17. The lowest BCUT2D eigenvalue weighted by Gasteiger charge is -2.18. The first-order valence-corrected chi connectivity index (χ1v) is 10.6. The Bertz CT molecular complexity index is 851. The molecule has 2 heterocycles. The molecule has 0 aliphatic heterocycles. The second kappa shape index (κ2) is 7.72. The van der Waals surface area contributed by atoms with Crippen LogP contribution in [0.4, 0.5) is 0 Å². The molecule has 0 spiro atoms. The Labute approximate surface area is 161 Å². The van der Waals surface area contributed by atoms with Gasteiger partial charge < -0.3 is 10.6 Å². The van der Waals surface area contributed by atoms with Gasteiger partial charge in [0.1, 0.15) is 0 Å². The van der Waals surface area contributed by atoms with Gasteiger partial charge in [-0.15, -0.1) is 23.1 Å². The molecule has 0 radical (unpaired) electrons. The predicted octanol–water partition coefficient (Wildman–Crippen LogP) is 3.78. The summed E-state index contributed by atoms with van der Waals surface area (Å²) in [5, 5.41) is 8.91. The summed E-state index contributed by atoms with van der Waals surface area (Å²) in [4.78, 5) is 11.7. The molecular formula is C19H23N5S2. The predicted molar refractivity (Wildman–Crippen MR) is 110 cm³/mol. The van der Waals surface area contributed by atoms with Gasteiger partial charge in [0.2, 0.25) is 0 Å². The third kappa shape index (κ3) is 4.22. The Morgan fingerprint density at radius 3 is 2.88 bits per heavy atom. The van der Waals surface area contributed by atoms with Crippen LogP contribution >= 0.6 is 23.1 Å². The second-order valence-corrected chi connectivity index (χ2v) is 8.89. The zero-order valence-electron chi connectivity index (χ0n) is 14.8. The Morgan fingerprint density at radius 1 is 1.31 bits per heavy atom. The molecule has 5 nitrogen and oxygen atoms in total. The molecule has 4 rings (SSSR count). The number of fused-ring (bicyclic) bond motifs is 1. The quantitative estimate of drug-likeness (QED) is 0.480. The molecule has 1 saturated carbocycles. The van der Waals surface area contributed by atoms with Gasteiger partial charge in [-0.1, -0.05) is 18.2 Å². The minimum Gasteiger partial charge on any atom is -0.357 e. The second-order valence-electron chi connectivity index (χ2n) is 6.47. The maximum Gasteiger partial charge on any atom is 0.193 e. The van der Waals surface area contributed by atoms with Crippen LogP contribution in [0.1, 0.15) is 25.5 Å². The largest absolute Gasteiger partial charge is 0.357 e. The normalized spacial score (nSPS) is 16.0. The first kappa shape index (κ1) is 17.4. The molecule has 0 bridgehead atoms. The van der Waals surface area contributed by atoms with Gasteiger partial charge in [0.05, 0.1) is 12.2 Å². The van der Waals surface area contributed by atoms with E-state index in [1.807, 2.05) is 33.9 Å². The zero-order valence-corrected chi connectivity index (χ0v) is 16.4. The number of aliphatic imine (C=N–C) groups is 1. The fraction of sp³-hybridized carbons (Fsp3) is 0.368. The zero-order chi connectivity index (χ0) is 17.8. The van der Waals surface area contributed by atoms with Crippen LogP contribution < -0.4 is 10.6 Å². The van der Waals surface area contributed by atoms with Gasteiger partial charge in [-0.05, 0) is 31.9 Å². The molecule has 2 aromatic heterocycles. The number of nitrogens with one attached hydrogen (secondary N) is 2. The molecule has 26 heavy (non-hydrogen) atoms. The van der Waals surface area contributed by atoms with Crippen molar-refractivity contribution >= 4 is 34.0 Å². The van der Waals surface area contributed by atoms with Gasteiger partial charge in [0, 0.05) is 40.5 Å². The van der Waals surface area contributed by atoms with Crippen molar-refractivity contribution in [1.82, 2.24) is 20.0 Å². The van der Waals surface area contributed by atoms with E-state index >= 15 is 0 Å². The van der Waals surface area contributed by atoms with Crippen LogP contribution in [0.15, 0.2) is 58.0 Å². The molecular weight excluding hydrogens is 362 g/mol. The standard InChI is InChI=1S/C19H23N5S2/c1-2-20-17(21-12-15-13-24-10-11-25-18(24)23-15)22-14-19(8-9-19)26-16-6-4-3-5-7-16/h3-7,10-11,13H,2,8-9,12,14H2,1H3,(H2,20,21,22). The van der Waals surface area contributed by atoms with E-state index in [4.69, 9.17) is 4.99 Å². The van der Waals surface area contributed by atoms with E-state index in [1.54, 1.807) is 11.3 Å². The van der Waals surface area contributed by atoms with Crippen molar-refractivity contribution in [3.8, 4) is 0 Å². The van der Waals surface area contributed by atoms with Crippen LogP contribution in [0.5, 0.6) is 0 Å². The molecule has 0 saturated heterocycles. The van der Waals surface area contributed by atoms with Crippen LogP contribution in [-0.4, -0.2) is 33.2 Å². The third-order valence-electron chi connectivity index (χ3n) is 4.35. The number of nitrogens with zero attached hydrogens (tertiary/aromatic N) is 3. The average Bonchev–Trinajstić information content (AvgIpc) is 3.08. The van der Waals surface area contributed by atoms with E-state index in [-0.39, 0.29) is 0 Å². The van der Waals surface area contributed by atoms with E-state index in [1.165, 1.54) is 17.7 Å². The van der Waals surface area contributed by atoms with Crippen LogP contribution in [0.2, 0.25) is 0 Å². The lowest BCUT2D eigenvalue weighted by molar-refractivity contribution is 0.768. The molecule has 0 unspecified atom stereocenters. The smallest absolute Gasteiger partial charge is 0.193 e. The first-order valence-electron chi connectivity index (χ1n) is 8.94. The van der Waals surface area contributed by atoms with Crippen LogP contribution in [0, 0.1) is 0 Å². The van der Waals surface area contributed by atoms with Crippen molar-refractivity contribution < 1.29 is 0 Å². The number of guanidine groups is 1. The molecule has 0 amide bonds. The number of aromatic nitrogens is 2. The van der Waals surface area contributed by atoms with Crippen molar-refractivity contribution in [1.29, 1.82) is 0 Å². The maximum absolute atomic E-state index is 4.71. The van der Waals surface area contributed by atoms with E-state index < -0.39 is 0 Å². The molecule has 136 valence electrons. The van der Waals surface area contributed by atoms with E-state index in [0.717, 1.165) is 29.7 Å². The molecule has 7 heteroatoms. The summed E-state index contributed by atoms with van der Waals surface area (Å²) in [6, 6.07) is 10.7. The number of rotatable bonds is 7. The molecule has 1 fully saturated rings. The number of imidazole rings is 1. The Balaban J connectivity index is 1.36. The summed E-state index contributed by atoms with van der Waals surface area (Å²) in [5.74, 6) is 0.865. The SMILES string of the molecule is CCNC(=NCc1cn2ccsc2n1)NCC1(Sc2ccccc2)CC1. The van der Waals surface area contributed by atoms with Gasteiger partial charge >= 0.3 is 0 Å². The van der Waals surface area contributed by atoms with E-state index in [9.17, 15) is 0 Å². The highest BCUT2D eigenvalue weighted by Gasteiger charge is 2.43. The monoisotopic (exact) mass is 385 g/mol. The van der Waals surface area contributed by atoms with Gasteiger partial charge in [0.15, 0.2) is 10.9 Å². The number of benzene rings is 1. The fourth-order valence-electron chi connectivity index (χ4n) is 2.79. The third-order valence-corrected chi connectivity index (χ3v) is 6.61. The minimum atomic E-state index is 0.300. The molecule has 3 aromatic rings. The summed E-state index contributed by atoms with van der Waals surface area (Å²) in [7, 11) is 0. The summed E-state index contributed by atoms with van der Waals surface area (Å²) in [5.41, 5.74) is 0.994. The number of thioether (sulfide) groups is 1. The van der Waals surface area contributed by atoms with E-state index in [2.05, 4.69) is 52.9 Å².